The molecule has 2 aromatic carbocycles. The molecule has 0 aliphatic carbocycles. The Bertz CT molecular complexity index is 904. The number of anilines is 1. The summed E-state index contributed by atoms with van der Waals surface area (Å²) in [6, 6.07) is 13.0. The van der Waals surface area contributed by atoms with E-state index in [-0.39, 0.29) is 49.1 Å². The Hall–Kier alpha value is -2.56. The van der Waals surface area contributed by atoms with Gasteiger partial charge in [0.05, 0.1) is 5.56 Å². The van der Waals surface area contributed by atoms with Crippen molar-refractivity contribution in [1.82, 2.24) is 9.80 Å². The van der Waals surface area contributed by atoms with Gasteiger partial charge in [0.15, 0.2) is 5.96 Å². The summed E-state index contributed by atoms with van der Waals surface area (Å²) in [6.07, 6.45) is 0. The highest BCUT2D eigenvalue weighted by atomic mass is 35.5. The average Bonchev–Trinajstić information content (AvgIpc) is 2.75. The van der Waals surface area contributed by atoms with Crippen LogP contribution in [0.2, 0.25) is 0 Å². The number of benzene rings is 2. The Balaban J connectivity index is 0.00000341. The summed E-state index contributed by atoms with van der Waals surface area (Å²) in [5, 5.41) is 9.84. The molecule has 2 aromatic rings. The zero-order valence-corrected chi connectivity index (χ0v) is 20.3. The lowest BCUT2D eigenvalue weighted by Crippen LogP contribution is -2.49. The Kier molecular flexibility index (Phi) is 13.4. The van der Waals surface area contributed by atoms with Gasteiger partial charge in [-0.25, -0.2) is 4.79 Å². The smallest absolute Gasteiger partial charge is 0.343 e. The van der Waals surface area contributed by atoms with Crippen LogP contribution in [-0.4, -0.2) is 66.9 Å². The molecule has 1 saturated heterocycles. The fraction of sp³-hybridized carbons (Fsp3) is 0.286. The summed E-state index contributed by atoms with van der Waals surface area (Å²) in [7, 11) is 0. The molecule has 3 rings (SSSR count). The molecule has 1 fully saturated rings. The summed E-state index contributed by atoms with van der Waals surface area (Å²) in [6.45, 7) is 4.44. The maximum absolute atomic E-state index is 12.7. The van der Waals surface area contributed by atoms with Crippen LogP contribution in [0, 0.1) is 5.41 Å². The standard InChI is InChI=1S/C21H26N6O3.3ClH/c22-9-10-26-11-13-27(14-12-26)19(28)15-3-7-18(8-4-15)30-20(29)16-1-5-17(6-2-16)25-21(23)24;;;/h1-8H,9-14,22H2,(H4,23,24,25);3*1H. The lowest BCUT2D eigenvalue weighted by molar-refractivity contribution is 0.0641. The highest BCUT2D eigenvalue weighted by Crippen LogP contribution is 2.17. The van der Waals surface area contributed by atoms with Crippen molar-refractivity contribution in [3.63, 3.8) is 0 Å². The van der Waals surface area contributed by atoms with E-state index >= 15 is 0 Å². The number of esters is 1. The first-order chi connectivity index (χ1) is 14.5. The van der Waals surface area contributed by atoms with Crippen molar-refractivity contribution in [3.05, 3.63) is 59.7 Å². The van der Waals surface area contributed by atoms with Gasteiger partial charge in [-0.05, 0) is 48.5 Å². The topological polar surface area (TPSA) is 138 Å². The zero-order valence-electron chi connectivity index (χ0n) is 17.9. The van der Waals surface area contributed by atoms with Gasteiger partial charge in [-0.3, -0.25) is 15.1 Å². The second kappa shape index (κ2) is 14.6. The summed E-state index contributed by atoms with van der Waals surface area (Å²) in [5.41, 5.74) is 12.4. The SMILES string of the molecule is Cl.Cl.Cl.N=C(N)Nc1ccc(C(=O)Oc2ccc(C(=O)N3CCN(CCN)CC3)cc2)cc1. The van der Waals surface area contributed by atoms with Crippen molar-refractivity contribution in [2.24, 2.45) is 11.5 Å². The van der Waals surface area contributed by atoms with Gasteiger partial charge in [0.25, 0.3) is 5.91 Å². The Morgan fingerprint density at radius 1 is 0.909 bits per heavy atom. The van der Waals surface area contributed by atoms with Crippen LogP contribution in [0.1, 0.15) is 20.7 Å². The van der Waals surface area contributed by atoms with Crippen molar-refractivity contribution in [1.29, 1.82) is 5.41 Å². The number of nitrogens with two attached hydrogens (primary N) is 2. The number of halogens is 3. The van der Waals surface area contributed by atoms with Gasteiger partial charge in [-0.2, -0.15) is 0 Å². The van der Waals surface area contributed by atoms with Gasteiger partial charge >= 0.3 is 5.97 Å². The van der Waals surface area contributed by atoms with E-state index < -0.39 is 5.97 Å². The van der Waals surface area contributed by atoms with Gasteiger partial charge < -0.3 is 26.4 Å². The predicted molar refractivity (Wildman–Crippen MR) is 137 cm³/mol. The predicted octanol–water partition coefficient (Wildman–Crippen LogP) is 2.19. The number of amides is 1. The third-order valence-electron chi connectivity index (χ3n) is 4.82. The molecular formula is C21H29Cl3N6O3. The molecule has 0 radical (unpaired) electrons. The third-order valence-corrected chi connectivity index (χ3v) is 4.82. The molecule has 0 unspecified atom stereocenters. The molecule has 0 aromatic heterocycles. The zero-order chi connectivity index (χ0) is 21.5. The Morgan fingerprint density at radius 2 is 1.45 bits per heavy atom. The molecule has 1 amide bonds. The maximum Gasteiger partial charge on any atom is 0.343 e. The van der Waals surface area contributed by atoms with E-state index in [0.717, 1.165) is 19.6 Å². The van der Waals surface area contributed by atoms with E-state index in [9.17, 15) is 9.59 Å². The van der Waals surface area contributed by atoms with Crippen LogP contribution in [0.25, 0.3) is 0 Å². The molecule has 1 heterocycles. The van der Waals surface area contributed by atoms with Crippen LogP contribution in [0.5, 0.6) is 5.75 Å². The highest BCUT2D eigenvalue weighted by Gasteiger charge is 2.21. The molecule has 1 aliphatic rings. The Labute approximate surface area is 211 Å². The van der Waals surface area contributed by atoms with Crippen LogP contribution >= 0.6 is 37.2 Å². The molecule has 9 nitrogen and oxygen atoms in total. The molecule has 1 aliphatic heterocycles. The first-order valence-corrected chi connectivity index (χ1v) is 9.71. The van der Waals surface area contributed by atoms with Crippen LogP contribution in [0.4, 0.5) is 5.69 Å². The lowest BCUT2D eigenvalue weighted by atomic mass is 10.1. The number of carbonyl (C=O) groups is 2. The quantitative estimate of drug-likeness (QED) is 0.199. The molecular weight excluding hydrogens is 491 g/mol. The number of nitrogens with zero attached hydrogens (tertiary/aromatic N) is 2. The minimum absolute atomic E-state index is 0. The first-order valence-electron chi connectivity index (χ1n) is 9.71. The van der Waals surface area contributed by atoms with Gasteiger partial charge in [0.2, 0.25) is 0 Å². The van der Waals surface area contributed by atoms with E-state index in [1.807, 2.05) is 4.90 Å². The first kappa shape index (κ1) is 30.4. The Morgan fingerprint density at radius 3 is 1.97 bits per heavy atom. The molecule has 33 heavy (non-hydrogen) atoms. The number of hydrogen-bond acceptors (Lipinski definition) is 6. The maximum atomic E-state index is 12.7. The van der Waals surface area contributed by atoms with Gasteiger partial charge in [0.1, 0.15) is 5.75 Å². The van der Waals surface area contributed by atoms with Crippen molar-refractivity contribution >= 4 is 60.7 Å². The lowest BCUT2D eigenvalue weighted by Gasteiger charge is -2.34. The number of rotatable bonds is 6. The van der Waals surface area contributed by atoms with Crippen LogP contribution in [-0.2, 0) is 0 Å². The third kappa shape index (κ3) is 8.71. The molecule has 0 bridgehead atoms. The second-order valence-corrected chi connectivity index (χ2v) is 6.95. The molecule has 0 saturated carbocycles. The molecule has 0 atom stereocenters. The van der Waals surface area contributed by atoms with Crippen LogP contribution < -0.4 is 21.5 Å². The largest absolute Gasteiger partial charge is 0.423 e. The normalized spacial score (nSPS) is 12.9. The van der Waals surface area contributed by atoms with E-state index in [0.29, 0.717) is 42.2 Å². The molecule has 12 heteroatoms. The summed E-state index contributed by atoms with van der Waals surface area (Å²) < 4.78 is 5.37. The van der Waals surface area contributed by atoms with Gasteiger partial charge in [-0.15, -0.1) is 37.2 Å². The van der Waals surface area contributed by atoms with Crippen molar-refractivity contribution in [3.8, 4) is 5.75 Å². The van der Waals surface area contributed by atoms with Crippen LogP contribution in [0.15, 0.2) is 48.5 Å². The molecule has 6 N–H and O–H groups in total. The number of piperazine rings is 1. The number of guanidine groups is 1. The second-order valence-electron chi connectivity index (χ2n) is 6.95. The monoisotopic (exact) mass is 518 g/mol. The van der Waals surface area contributed by atoms with Crippen LogP contribution in [0.3, 0.4) is 0 Å². The fourth-order valence-corrected chi connectivity index (χ4v) is 3.22. The molecule has 0 spiro atoms. The van der Waals surface area contributed by atoms with Crippen molar-refractivity contribution in [2.45, 2.75) is 0 Å². The number of hydrogen-bond donors (Lipinski definition) is 4. The number of nitrogens with one attached hydrogen (secondary N) is 2. The summed E-state index contributed by atoms with van der Waals surface area (Å²) in [4.78, 5) is 29.0. The number of ether oxygens (including phenoxy) is 1. The van der Waals surface area contributed by atoms with Crippen molar-refractivity contribution < 1.29 is 14.3 Å². The van der Waals surface area contributed by atoms with E-state index in [4.69, 9.17) is 21.6 Å². The fourth-order valence-electron chi connectivity index (χ4n) is 3.22. The summed E-state index contributed by atoms with van der Waals surface area (Å²) >= 11 is 0. The minimum atomic E-state index is -0.514. The summed E-state index contributed by atoms with van der Waals surface area (Å²) in [5.74, 6) is -0.374. The minimum Gasteiger partial charge on any atom is -0.423 e. The van der Waals surface area contributed by atoms with E-state index in [2.05, 4.69) is 10.2 Å². The molecule has 182 valence electrons. The number of carbonyl (C=O) groups excluding carboxylic acids is 2. The highest BCUT2D eigenvalue weighted by molar-refractivity contribution is 5.95. The van der Waals surface area contributed by atoms with Crippen molar-refractivity contribution in [2.75, 3.05) is 44.6 Å². The average molecular weight is 520 g/mol. The van der Waals surface area contributed by atoms with E-state index in [1.165, 1.54) is 0 Å². The van der Waals surface area contributed by atoms with E-state index in [1.54, 1.807) is 48.5 Å². The van der Waals surface area contributed by atoms with Gasteiger partial charge in [0, 0.05) is 50.5 Å². The van der Waals surface area contributed by atoms with Gasteiger partial charge in [-0.1, -0.05) is 0 Å².